The topological polar surface area (TPSA) is 35.5 Å². The maximum Gasteiger partial charge on any atom is 0.0799 e. The van der Waals surface area contributed by atoms with Gasteiger partial charge < -0.3 is 15.3 Å². The van der Waals surface area contributed by atoms with Crippen molar-refractivity contribution in [1.29, 1.82) is 0 Å². The second-order valence-corrected chi connectivity index (χ2v) is 7.76. The third kappa shape index (κ3) is 4.80. The zero-order chi connectivity index (χ0) is 15.5. The molecule has 3 heteroatoms. The van der Waals surface area contributed by atoms with Crippen LogP contribution in [0, 0.1) is 5.41 Å². The van der Waals surface area contributed by atoms with Gasteiger partial charge in [-0.25, -0.2) is 0 Å². The molecule has 1 unspecified atom stereocenters. The average molecular weight is 290 g/mol. The van der Waals surface area contributed by atoms with E-state index in [4.69, 9.17) is 0 Å². The second kappa shape index (κ2) is 6.47. The number of aliphatic hydroxyl groups is 1. The Labute approximate surface area is 129 Å². The number of hydrogen-bond acceptors (Lipinski definition) is 3. The van der Waals surface area contributed by atoms with Crippen LogP contribution in [0.4, 0.5) is 0 Å². The molecule has 0 radical (unpaired) electrons. The maximum absolute atomic E-state index is 10.2. The largest absolute Gasteiger partial charge is 0.394 e. The minimum Gasteiger partial charge on any atom is -0.394 e. The van der Waals surface area contributed by atoms with E-state index in [1.54, 1.807) is 0 Å². The van der Waals surface area contributed by atoms with Gasteiger partial charge in [-0.2, -0.15) is 0 Å². The summed E-state index contributed by atoms with van der Waals surface area (Å²) in [6.45, 7) is 8.71. The second-order valence-electron chi connectivity index (χ2n) is 7.76. The van der Waals surface area contributed by atoms with E-state index in [0.29, 0.717) is 6.04 Å². The van der Waals surface area contributed by atoms with Crippen LogP contribution in [0.5, 0.6) is 0 Å². The van der Waals surface area contributed by atoms with Crippen LogP contribution >= 0.6 is 0 Å². The van der Waals surface area contributed by atoms with E-state index in [2.05, 4.69) is 62.3 Å². The minimum absolute atomic E-state index is 0.127. The van der Waals surface area contributed by atoms with Crippen LogP contribution in [0.2, 0.25) is 0 Å². The molecular weight excluding hydrogens is 260 g/mol. The zero-order valence-corrected chi connectivity index (χ0v) is 13.9. The quantitative estimate of drug-likeness (QED) is 0.810. The fourth-order valence-corrected chi connectivity index (χ4v) is 3.11. The third-order valence-electron chi connectivity index (χ3n) is 3.94. The number of nitrogens with zero attached hydrogens (tertiary/aromatic N) is 1. The van der Waals surface area contributed by atoms with Crippen molar-refractivity contribution < 1.29 is 5.11 Å². The van der Waals surface area contributed by atoms with E-state index < -0.39 is 0 Å². The van der Waals surface area contributed by atoms with Crippen molar-refractivity contribution in [2.75, 3.05) is 26.7 Å². The number of nitrogens with one attached hydrogen (secondary N) is 1. The minimum atomic E-state index is -0.359. The van der Waals surface area contributed by atoms with Crippen LogP contribution in [0.25, 0.3) is 0 Å². The molecule has 0 aromatic heterocycles. The molecule has 2 N–H and O–H groups in total. The molecule has 1 aliphatic rings. The van der Waals surface area contributed by atoms with Crippen molar-refractivity contribution in [2.24, 2.45) is 5.41 Å². The fraction of sp³-hybridized carbons (Fsp3) is 0.667. The van der Waals surface area contributed by atoms with Gasteiger partial charge in [-0.3, -0.25) is 0 Å². The Kier molecular flexibility index (Phi) is 5.07. The molecule has 1 saturated carbocycles. The molecule has 3 nitrogen and oxygen atoms in total. The van der Waals surface area contributed by atoms with Crippen LogP contribution in [-0.4, -0.2) is 42.8 Å². The number of likely N-dealkylation sites (N-methyl/N-ethyl adjacent to an activating group) is 1. The van der Waals surface area contributed by atoms with Gasteiger partial charge >= 0.3 is 0 Å². The monoisotopic (exact) mass is 290 g/mol. The van der Waals surface area contributed by atoms with E-state index in [-0.39, 0.29) is 17.6 Å². The third-order valence-corrected chi connectivity index (χ3v) is 3.94. The summed E-state index contributed by atoms with van der Waals surface area (Å²) in [5.41, 5.74) is 1.08. The molecule has 0 saturated heterocycles. The molecule has 0 aliphatic heterocycles. The first-order valence-electron chi connectivity index (χ1n) is 7.97. The van der Waals surface area contributed by atoms with Gasteiger partial charge in [0.15, 0.2) is 0 Å². The Morgan fingerprint density at radius 1 is 1.14 bits per heavy atom. The Morgan fingerprint density at radius 2 is 1.76 bits per heavy atom. The molecule has 2 rings (SSSR count). The van der Waals surface area contributed by atoms with Crippen LogP contribution in [0.15, 0.2) is 30.3 Å². The Balaban J connectivity index is 2.18. The van der Waals surface area contributed by atoms with E-state index in [1.165, 1.54) is 18.4 Å². The highest BCUT2D eigenvalue weighted by molar-refractivity contribution is 5.26. The number of benzene rings is 1. The molecule has 118 valence electrons. The van der Waals surface area contributed by atoms with E-state index >= 15 is 0 Å². The molecule has 1 fully saturated rings. The number of rotatable bonds is 7. The van der Waals surface area contributed by atoms with E-state index in [0.717, 1.165) is 13.1 Å². The first-order valence-corrected chi connectivity index (χ1v) is 7.97. The smallest absolute Gasteiger partial charge is 0.0799 e. The van der Waals surface area contributed by atoms with Gasteiger partial charge in [-0.15, -0.1) is 0 Å². The predicted molar refractivity (Wildman–Crippen MR) is 88.3 cm³/mol. The van der Waals surface area contributed by atoms with Crippen molar-refractivity contribution in [2.45, 2.75) is 45.2 Å². The Bertz CT molecular complexity index is 436. The molecule has 0 amide bonds. The Morgan fingerprint density at radius 3 is 2.24 bits per heavy atom. The lowest BCUT2D eigenvalue weighted by Crippen LogP contribution is -2.54. The van der Waals surface area contributed by atoms with Gasteiger partial charge in [0.1, 0.15) is 0 Å². The molecule has 1 atom stereocenters. The van der Waals surface area contributed by atoms with Crippen LogP contribution in [0.1, 0.15) is 39.2 Å². The standard InChI is InChI=1S/C18H30N2O/c1-17(2,3)12-20(4)13-18(14-21,19-16-10-11-16)15-8-6-5-7-9-15/h5-9,16,19,21H,10-14H2,1-4H3. The number of hydrogen-bond donors (Lipinski definition) is 2. The van der Waals surface area contributed by atoms with Crippen LogP contribution < -0.4 is 5.32 Å². The normalized spacial score (nSPS) is 18.8. The van der Waals surface area contributed by atoms with Crippen molar-refractivity contribution >= 4 is 0 Å². The zero-order valence-electron chi connectivity index (χ0n) is 13.9. The molecule has 1 aromatic rings. The molecular formula is C18H30N2O. The van der Waals surface area contributed by atoms with Gasteiger partial charge in [0.25, 0.3) is 0 Å². The van der Waals surface area contributed by atoms with Crippen molar-refractivity contribution in [1.82, 2.24) is 10.2 Å². The summed E-state index contributed by atoms with van der Waals surface area (Å²) in [4.78, 5) is 2.33. The van der Waals surface area contributed by atoms with Gasteiger partial charge in [-0.05, 0) is 30.9 Å². The highest BCUT2D eigenvalue weighted by atomic mass is 16.3. The molecule has 0 bridgehead atoms. The summed E-state index contributed by atoms with van der Waals surface area (Å²) in [7, 11) is 2.15. The molecule has 21 heavy (non-hydrogen) atoms. The van der Waals surface area contributed by atoms with Gasteiger partial charge in [0, 0.05) is 19.1 Å². The molecule has 1 aromatic carbocycles. The summed E-state index contributed by atoms with van der Waals surface area (Å²) in [5, 5.41) is 13.9. The highest BCUT2D eigenvalue weighted by Crippen LogP contribution is 2.30. The van der Waals surface area contributed by atoms with Gasteiger partial charge in [-0.1, -0.05) is 51.1 Å². The molecule has 1 aliphatic carbocycles. The van der Waals surface area contributed by atoms with Gasteiger partial charge in [0.05, 0.1) is 12.1 Å². The molecule has 0 heterocycles. The summed E-state index contributed by atoms with van der Waals surface area (Å²) < 4.78 is 0. The maximum atomic E-state index is 10.2. The predicted octanol–water partition coefficient (Wildman–Crippen LogP) is 2.60. The highest BCUT2D eigenvalue weighted by Gasteiger charge is 2.38. The van der Waals surface area contributed by atoms with E-state index in [9.17, 15) is 5.11 Å². The SMILES string of the molecule is CN(CC(C)(C)C)CC(CO)(NC1CC1)c1ccccc1. The average Bonchev–Trinajstić information content (AvgIpc) is 3.20. The van der Waals surface area contributed by atoms with Crippen molar-refractivity contribution in [3.05, 3.63) is 35.9 Å². The Hall–Kier alpha value is -0.900. The van der Waals surface area contributed by atoms with Gasteiger partial charge in [0.2, 0.25) is 0 Å². The lowest BCUT2D eigenvalue weighted by atomic mass is 9.88. The van der Waals surface area contributed by atoms with E-state index in [1.807, 2.05) is 6.07 Å². The van der Waals surface area contributed by atoms with Crippen molar-refractivity contribution in [3.8, 4) is 0 Å². The summed E-state index contributed by atoms with van der Waals surface area (Å²) in [5.74, 6) is 0. The fourth-order valence-electron chi connectivity index (χ4n) is 3.11. The summed E-state index contributed by atoms with van der Waals surface area (Å²) in [6.07, 6.45) is 2.44. The summed E-state index contributed by atoms with van der Waals surface area (Å²) >= 11 is 0. The lowest BCUT2D eigenvalue weighted by molar-refractivity contribution is 0.100. The summed E-state index contributed by atoms with van der Waals surface area (Å²) in [6, 6.07) is 10.9. The number of aliphatic hydroxyl groups excluding tert-OH is 1. The molecule has 0 spiro atoms. The van der Waals surface area contributed by atoms with Crippen LogP contribution in [0.3, 0.4) is 0 Å². The van der Waals surface area contributed by atoms with Crippen LogP contribution in [-0.2, 0) is 5.54 Å². The first kappa shape index (κ1) is 16.5. The lowest BCUT2D eigenvalue weighted by Gasteiger charge is -2.39. The van der Waals surface area contributed by atoms with Crippen molar-refractivity contribution in [3.63, 3.8) is 0 Å². The first-order chi connectivity index (χ1) is 9.85.